The SMILES string of the molecule is COc1ccc(OC)c(S(=O)(=O)Nc2ccc(S(=O)(=O)N(C)C)cc2)c1. The zero-order valence-electron chi connectivity index (χ0n) is 14.8. The van der Waals surface area contributed by atoms with Crippen LogP contribution in [0.1, 0.15) is 0 Å². The van der Waals surface area contributed by atoms with Crippen LogP contribution in [0.2, 0.25) is 0 Å². The van der Waals surface area contributed by atoms with E-state index in [1.165, 1.54) is 64.7 Å². The van der Waals surface area contributed by atoms with Gasteiger partial charge in [0.15, 0.2) is 0 Å². The predicted octanol–water partition coefficient (Wildman–Crippen LogP) is 1.75. The summed E-state index contributed by atoms with van der Waals surface area (Å²) in [7, 11) is -1.93. The van der Waals surface area contributed by atoms with Crippen LogP contribution in [0.5, 0.6) is 11.5 Å². The van der Waals surface area contributed by atoms with Crippen molar-refractivity contribution in [2.24, 2.45) is 0 Å². The number of anilines is 1. The molecule has 2 aromatic rings. The Hall–Kier alpha value is -2.30. The Morgan fingerprint density at radius 1 is 0.885 bits per heavy atom. The predicted molar refractivity (Wildman–Crippen MR) is 97.7 cm³/mol. The molecule has 8 nitrogen and oxygen atoms in total. The number of ether oxygens (including phenoxy) is 2. The van der Waals surface area contributed by atoms with Crippen LogP contribution in [0.3, 0.4) is 0 Å². The molecule has 0 fully saturated rings. The number of methoxy groups -OCH3 is 2. The van der Waals surface area contributed by atoms with Crippen LogP contribution in [0.4, 0.5) is 5.69 Å². The van der Waals surface area contributed by atoms with Gasteiger partial charge in [-0.2, -0.15) is 0 Å². The summed E-state index contributed by atoms with van der Waals surface area (Å²) in [6.45, 7) is 0. The van der Waals surface area contributed by atoms with E-state index in [0.29, 0.717) is 5.75 Å². The molecule has 0 heterocycles. The van der Waals surface area contributed by atoms with E-state index in [0.717, 1.165) is 4.31 Å². The number of hydrogen-bond donors (Lipinski definition) is 1. The van der Waals surface area contributed by atoms with Gasteiger partial charge >= 0.3 is 0 Å². The smallest absolute Gasteiger partial charge is 0.265 e. The highest BCUT2D eigenvalue weighted by molar-refractivity contribution is 7.92. The molecule has 0 aliphatic heterocycles. The molecular weight excluding hydrogens is 380 g/mol. The molecule has 0 unspecified atom stereocenters. The van der Waals surface area contributed by atoms with Crippen molar-refractivity contribution in [3.05, 3.63) is 42.5 Å². The fourth-order valence-electron chi connectivity index (χ4n) is 2.11. The highest BCUT2D eigenvalue weighted by atomic mass is 32.2. The van der Waals surface area contributed by atoms with Gasteiger partial charge in [0.25, 0.3) is 10.0 Å². The third-order valence-electron chi connectivity index (χ3n) is 3.55. The first-order valence-corrected chi connectivity index (χ1v) is 10.3. The van der Waals surface area contributed by atoms with Gasteiger partial charge in [0.05, 0.1) is 19.1 Å². The molecule has 10 heteroatoms. The maximum atomic E-state index is 12.7. The second-order valence-electron chi connectivity index (χ2n) is 5.43. The van der Waals surface area contributed by atoms with Crippen LogP contribution in [0, 0.1) is 0 Å². The van der Waals surface area contributed by atoms with E-state index in [9.17, 15) is 16.8 Å². The molecule has 0 atom stereocenters. The summed E-state index contributed by atoms with van der Waals surface area (Å²) in [5.74, 6) is 0.517. The molecule has 0 amide bonds. The van der Waals surface area contributed by atoms with Gasteiger partial charge in [-0.25, -0.2) is 21.1 Å². The molecule has 0 spiro atoms. The Kier molecular flexibility index (Phi) is 5.79. The maximum Gasteiger partial charge on any atom is 0.265 e. The van der Waals surface area contributed by atoms with Crippen molar-refractivity contribution >= 4 is 25.7 Å². The molecule has 0 saturated heterocycles. The zero-order valence-corrected chi connectivity index (χ0v) is 16.4. The molecule has 0 aliphatic rings. The van der Waals surface area contributed by atoms with E-state index in [1.807, 2.05) is 0 Å². The Labute approximate surface area is 153 Å². The summed E-state index contributed by atoms with van der Waals surface area (Å²) >= 11 is 0. The average molecular weight is 400 g/mol. The van der Waals surface area contributed by atoms with Gasteiger partial charge < -0.3 is 9.47 Å². The zero-order chi connectivity index (χ0) is 19.5. The molecule has 0 radical (unpaired) electrons. The number of nitrogens with zero attached hydrogens (tertiary/aromatic N) is 1. The van der Waals surface area contributed by atoms with E-state index in [1.54, 1.807) is 6.07 Å². The van der Waals surface area contributed by atoms with Crippen LogP contribution < -0.4 is 14.2 Å². The standard InChI is InChI=1S/C16H20N2O6S2/c1-18(2)26(21,22)14-8-5-12(6-9-14)17-25(19,20)16-11-13(23-3)7-10-15(16)24-4/h5-11,17H,1-4H3. The topological polar surface area (TPSA) is 102 Å². The molecule has 0 bridgehead atoms. The van der Waals surface area contributed by atoms with Gasteiger partial charge in [0.2, 0.25) is 10.0 Å². The van der Waals surface area contributed by atoms with Crippen LogP contribution in [0.15, 0.2) is 52.3 Å². The lowest BCUT2D eigenvalue weighted by Gasteiger charge is -2.14. The molecule has 2 rings (SSSR count). The summed E-state index contributed by atoms with van der Waals surface area (Å²) in [5, 5.41) is 0. The van der Waals surface area contributed by atoms with Crippen molar-refractivity contribution in [3.63, 3.8) is 0 Å². The van der Waals surface area contributed by atoms with Gasteiger partial charge in [0.1, 0.15) is 16.4 Å². The first-order valence-electron chi connectivity index (χ1n) is 7.39. The average Bonchev–Trinajstić information content (AvgIpc) is 2.61. The number of benzene rings is 2. The van der Waals surface area contributed by atoms with Gasteiger partial charge in [-0.3, -0.25) is 4.72 Å². The Bertz CT molecular complexity index is 984. The number of hydrogen-bond acceptors (Lipinski definition) is 6. The normalized spacial score (nSPS) is 12.0. The minimum absolute atomic E-state index is 0.0596. The molecule has 0 aromatic heterocycles. The van der Waals surface area contributed by atoms with Crippen LogP contribution >= 0.6 is 0 Å². The molecular formula is C16H20N2O6S2. The van der Waals surface area contributed by atoms with Crippen molar-refractivity contribution in [3.8, 4) is 11.5 Å². The first kappa shape index (κ1) is 20.0. The first-order chi connectivity index (χ1) is 12.1. The van der Waals surface area contributed by atoms with Gasteiger partial charge in [-0.05, 0) is 36.4 Å². The number of sulfonamides is 2. The van der Waals surface area contributed by atoms with Gasteiger partial charge in [-0.1, -0.05) is 0 Å². The molecule has 1 N–H and O–H groups in total. The minimum atomic E-state index is -3.97. The van der Waals surface area contributed by atoms with Crippen molar-refractivity contribution < 1.29 is 26.3 Å². The molecule has 142 valence electrons. The summed E-state index contributed by atoms with van der Waals surface area (Å²) in [4.78, 5) is -0.0336. The fourth-order valence-corrected chi connectivity index (χ4v) is 4.26. The monoisotopic (exact) mass is 400 g/mol. The summed E-state index contributed by atoms with van der Waals surface area (Å²) in [6, 6.07) is 9.82. The van der Waals surface area contributed by atoms with Crippen molar-refractivity contribution in [1.29, 1.82) is 0 Å². The van der Waals surface area contributed by atoms with E-state index in [-0.39, 0.29) is 21.2 Å². The van der Waals surface area contributed by atoms with Crippen LogP contribution in [-0.2, 0) is 20.0 Å². The molecule has 0 aliphatic carbocycles. The Morgan fingerprint density at radius 2 is 1.50 bits per heavy atom. The van der Waals surface area contributed by atoms with Crippen molar-refractivity contribution in [2.45, 2.75) is 9.79 Å². The summed E-state index contributed by atoms with van der Waals surface area (Å²) < 4.78 is 63.1. The third-order valence-corrected chi connectivity index (χ3v) is 6.78. The maximum absolute atomic E-state index is 12.7. The third kappa shape index (κ3) is 4.09. The number of rotatable bonds is 7. The van der Waals surface area contributed by atoms with Gasteiger partial charge in [0, 0.05) is 25.8 Å². The van der Waals surface area contributed by atoms with E-state index in [4.69, 9.17) is 9.47 Å². The van der Waals surface area contributed by atoms with E-state index < -0.39 is 20.0 Å². The highest BCUT2D eigenvalue weighted by Gasteiger charge is 2.22. The van der Waals surface area contributed by atoms with Crippen molar-refractivity contribution in [1.82, 2.24) is 4.31 Å². The minimum Gasteiger partial charge on any atom is -0.497 e. The lowest BCUT2D eigenvalue weighted by atomic mass is 10.3. The van der Waals surface area contributed by atoms with Crippen molar-refractivity contribution in [2.75, 3.05) is 33.0 Å². The highest BCUT2D eigenvalue weighted by Crippen LogP contribution is 2.30. The summed E-state index contributed by atoms with van der Waals surface area (Å²) in [5.41, 5.74) is 0.215. The molecule has 0 saturated carbocycles. The quantitative estimate of drug-likeness (QED) is 0.760. The van der Waals surface area contributed by atoms with E-state index in [2.05, 4.69) is 4.72 Å². The van der Waals surface area contributed by atoms with Crippen LogP contribution in [-0.4, -0.2) is 49.5 Å². The van der Waals surface area contributed by atoms with Gasteiger partial charge in [-0.15, -0.1) is 0 Å². The molecule has 2 aromatic carbocycles. The Morgan fingerprint density at radius 3 is 2.00 bits per heavy atom. The largest absolute Gasteiger partial charge is 0.497 e. The summed E-state index contributed by atoms with van der Waals surface area (Å²) in [6.07, 6.45) is 0. The van der Waals surface area contributed by atoms with E-state index >= 15 is 0 Å². The Balaban J connectivity index is 2.36. The lowest BCUT2D eigenvalue weighted by molar-refractivity contribution is 0.392. The van der Waals surface area contributed by atoms with Crippen LogP contribution in [0.25, 0.3) is 0 Å². The number of nitrogens with one attached hydrogen (secondary N) is 1. The second kappa shape index (κ2) is 7.52. The second-order valence-corrected chi connectivity index (χ2v) is 9.24. The molecule has 26 heavy (non-hydrogen) atoms. The lowest BCUT2D eigenvalue weighted by Crippen LogP contribution is -2.22. The fraction of sp³-hybridized carbons (Fsp3) is 0.250.